The molecule has 0 heterocycles. The van der Waals surface area contributed by atoms with Crippen LogP contribution in [0, 0.1) is 0 Å². The summed E-state index contributed by atoms with van der Waals surface area (Å²) in [5.74, 6) is 5.09. The van der Waals surface area contributed by atoms with Gasteiger partial charge in [-0.1, -0.05) is 129 Å². The van der Waals surface area contributed by atoms with E-state index in [1.807, 2.05) is 0 Å². The monoisotopic (exact) mass is 514 g/mol. The minimum Gasteiger partial charge on any atom is -0.257 e. The molecule has 30 heavy (non-hydrogen) atoms. The quantitative estimate of drug-likeness (QED) is 0.0632. The fourth-order valence-corrected chi connectivity index (χ4v) is 3.58. The second-order valence-corrected chi connectivity index (χ2v) is 7.91. The van der Waals surface area contributed by atoms with Gasteiger partial charge in [-0.3, -0.25) is 5.84 Å². The van der Waals surface area contributed by atoms with E-state index in [9.17, 15) is 0 Å². The van der Waals surface area contributed by atoms with Gasteiger partial charge in [-0.05, 0) is 6.42 Å². The largest absolute Gasteiger partial charge is 0.257 e. The van der Waals surface area contributed by atoms with Gasteiger partial charge in [0, 0.05) is 6.54 Å². The van der Waals surface area contributed by atoms with Crippen molar-refractivity contribution in [2.24, 2.45) is 5.84 Å². The molecule has 0 aliphatic heterocycles. The summed E-state index contributed by atoms with van der Waals surface area (Å²) in [6.45, 7) is 3.27. The lowest BCUT2D eigenvalue weighted by Crippen LogP contribution is -2.47. The molecule has 0 unspecified atom stereocenters. The predicted molar refractivity (Wildman–Crippen MR) is 145 cm³/mol. The van der Waals surface area contributed by atoms with Crippen LogP contribution in [0.4, 0.5) is 0 Å². The predicted octanol–water partition coefficient (Wildman–Crippen LogP) is 7.97. The lowest BCUT2D eigenvalue weighted by Gasteiger charge is -2.05. The highest BCUT2D eigenvalue weighted by atomic mass is 35.5. The summed E-state index contributed by atoms with van der Waals surface area (Å²) in [5.41, 5.74) is 8.06. The molecule has 0 aromatic rings. The third kappa shape index (κ3) is 39.5. The number of nitrogens with one attached hydrogen (secondary N) is 3. The lowest BCUT2D eigenvalue weighted by atomic mass is 10.0. The lowest BCUT2D eigenvalue weighted by molar-refractivity contribution is 0.431. The summed E-state index contributed by atoms with van der Waals surface area (Å²) in [4.78, 5) is 0. The van der Waals surface area contributed by atoms with E-state index in [0.717, 1.165) is 6.54 Å². The first kappa shape index (κ1) is 41.3. The van der Waals surface area contributed by atoms with E-state index >= 15 is 0 Å². The van der Waals surface area contributed by atoms with Gasteiger partial charge >= 0.3 is 0 Å². The molecule has 0 saturated heterocycles. The molecule has 0 amide bonds. The summed E-state index contributed by atoms with van der Waals surface area (Å²) >= 11 is 0. The van der Waals surface area contributed by atoms with Crippen LogP contribution in [0.5, 0.6) is 0 Å². The molecular weight excluding hydrogens is 462 g/mol. The zero-order valence-electron chi connectivity index (χ0n) is 19.6. The molecule has 4 nitrogen and oxygen atoms in total. The fraction of sp³-hybridized carbons (Fsp3) is 1.00. The van der Waals surface area contributed by atoms with Crippen LogP contribution in [0.3, 0.4) is 0 Å². The van der Waals surface area contributed by atoms with Crippen LogP contribution in [0.25, 0.3) is 0 Å². The summed E-state index contributed by atoms with van der Waals surface area (Å²) < 4.78 is 0. The van der Waals surface area contributed by atoms with Crippen molar-refractivity contribution in [2.75, 3.05) is 6.54 Å². The maximum Gasteiger partial charge on any atom is 0.0113 e. The highest BCUT2D eigenvalue weighted by Gasteiger charge is 1.95. The van der Waals surface area contributed by atoms with Crippen LogP contribution in [-0.4, -0.2) is 6.54 Å². The average Bonchev–Trinajstić information content (AvgIpc) is 2.66. The van der Waals surface area contributed by atoms with Gasteiger partial charge in [0.05, 0.1) is 0 Å². The van der Waals surface area contributed by atoms with Crippen LogP contribution in [0.1, 0.15) is 135 Å². The van der Waals surface area contributed by atoms with E-state index in [2.05, 4.69) is 23.4 Å². The SMILES string of the molecule is CCCCCCCCCCCCCCCCCCCCCCNNNN.Cl.Cl.Cl.Cl. The third-order valence-electron chi connectivity index (χ3n) is 5.32. The summed E-state index contributed by atoms with van der Waals surface area (Å²) in [6.07, 6.45) is 28.6. The van der Waals surface area contributed by atoms with Crippen molar-refractivity contribution in [1.82, 2.24) is 16.5 Å². The number of unbranched alkanes of at least 4 members (excludes halogenated alkanes) is 19. The van der Waals surface area contributed by atoms with Gasteiger partial charge in [0.1, 0.15) is 0 Å². The van der Waals surface area contributed by atoms with Crippen molar-refractivity contribution in [1.29, 1.82) is 0 Å². The molecule has 0 aliphatic rings. The number of halogens is 4. The van der Waals surface area contributed by atoms with Crippen LogP contribution in [0.15, 0.2) is 0 Å². The fourth-order valence-electron chi connectivity index (χ4n) is 3.58. The highest BCUT2D eigenvalue weighted by Crippen LogP contribution is 2.14. The Balaban J connectivity index is -0.000000521. The third-order valence-corrected chi connectivity index (χ3v) is 5.32. The standard InChI is InChI=1S/C22H50N4.4ClH/c1-2-3-4-5-6-7-8-9-10-11-12-13-14-15-16-17-18-19-20-21-22-24-26-25-23;;;;/h24-26H,2-23H2,1H3;4*1H. The molecule has 0 aromatic carbocycles. The number of nitrogens with two attached hydrogens (primary N) is 1. The Morgan fingerprint density at radius 1 is 0.433 bits per heavy atom. The van der Waals surface area contributed by atoms with E-state index in [1.54, 1.807) is 0 Å². The Hall–Kier alpha value is 1.00. The number of hydrazine groups is 3. The van der Waals surface area contributed by atoms with Crippen molar-refractivity contribution in [2.45, 2.75) is 135 Å². The molecule has 0 aromatic heterocycles. The molecule has 0 aliphatic carbocycles. The molecule has 0 fully saturated rings. The van der Waals surface area contributed by atoms with Gasteiger partial charge in [-0.25, -0.2) is 5.43 Å². The van der Waals surface area contributed by atoms with E-state index in [1.165, 1.54) is 128 Å². The Labute approximate surface area is 213 Å². The molecule has 0 saturated carbocycles. The van der Waals surface area contributed by atoms with Crippen LogP contribution >= 0.6 is 49.6 Å². The number of hydrogen-bond donors (Lipinski definition) is 4. The van der Waals surface area contributed by atoms with Crippen molar-refractivity contribution >= 4 is 49.6 Å². The van der Waals surface area contributed by atoms with Gasteiger partial charge in [-0.2, -0.15) is 11.1 Å². The molecule has 0 spiro atoms. The second kappa shape index (κ2) is 40.4. The first-order valence-corrected chi connectivity index (χ1v) is 11.8. The first-order valence-electron chi connectivity index (χ1n) is 11.8. The molecule has 0 radical (unpaired) electrons. The molecule has 0 rings (SSSR count). The molecule has 190 valence electrons. The minimum atomic E-state index is 0. The van der Waals surface area contributed by atoms with Gasteiger partial charge in [-0.15, -0.1) is 49.6 Å². The smallest absolute Gasteiger partial charge is 0.0113 e. The summed E-state index contributed by atoms with van der Waals surface area (Å²) in [6, 6.07) is 0. The topological polar surface area (TPSA) is 62.1 Å². The Bertz CT molecular complexity index is 229. The summed E-state index contributed by atoms with van der Waals surface area (Å²) in [5, 5.41) is 0. The zero-order valence-corrected chi connectivity index (χ0v) is 22.8. The van der Waals surface area contributed by atoms with E-state index < -0.39 is 0 Å². The highest BCUT2D eigenvalue weighted by molar-refractivity contribution is 5.86. The van der Waals surface area contributed by atoms with Crippen molar-refractivity contribution in [3.63, 3.8) is 0 Å². The van der Waals surface area contributed by atoms with Gasteiger partial charge in [0.2, 0.25) is 0 Å². The number of hydrogen-bond acceptors (Lipinski definition) is 4. The van der Waals surface area contributed by atoms with Crippen molar-refractivity contribution < 1.29 is 0 Å². The molecule has 0 atom stereocenters. The van der Waals surface area contributed by atoms with E-state index in [0.29, 0.717) is 0 Å². The Kier molecular flexibility index (Phi) is 55.5. The Morgan fingerprint density at radius 3 is 0.967 bits per heavy atom. The van der Waals surface area contributed by atoms with Gasteiger partial charge in [0.25, 0.3) is 0 Å². The first-order chi connectivity index (χ1) is 12.9. The maximum atomic E-state index is 5.09. The Morgan fingerprint density at radius 2 is 0.700 bits per heavy atom. The zero-order chi connectivity index (χ0) is 19.0. The van der Waals surface area contributed by atoms with Gasteiger partial charge < -0.3 is 0 Å². The molecular formula is C22H54Cl4N4. The normalized spacial score (nSPS) is 9.80. The summed E-state index contributed by atoms with van der Waals surface area (Å²) in [7, 11) is 0. The minimum absolute atomic E-state index is 0. The van der Waals surface area contributed by atoms with Crippen LogP contribution < -0.4 is 22.3 Å². The second-order valence-electron chi connectivity index (χ2n) is 7.91. The van der Waals surface area contributed by atoms with Crippen molar-refractivity contribution in [3.05, 3.63) is 0 Å². The van der Waals surface area contributed by atoms with Crippen LogP contribution in [-0.2, 0) is 0 Å². The molecule has 5 N–H and O–H groups in total. The van der Waals surface area contributed by atoms with E-state index in [4.69, 9.17) is 5.84 Å². The maximum absolute atomic E-state index is 5.09. The van der Waals surface area contributed by atoms with Crippen molar-refractivity contribution in [3.8, 4) is 0 Å². The average molecular weight is 517 g/mol. The number of rotatable bonds is 23. The van der Waals surface area contributed by atoms with Crippen LogP contribution in [0.2, 0.25) is 0 Å². The van der Waals surface area contributed by atoms with E-state index in [-0.39, 0.29) is 49.6 Å². The molecule has 8 heteroatoms. The van der Waals surface area contributed by atoms with Gasteiger partial charge in [0.15, 0.2) is 0 Å². The molecule has 0 bridgehead atoms.